The second kappa shape index (κ2) is 5.48. The Hall–Kier alpha value is -1.42. The van der Waals surface area contributed by atoms with Gasteiger partial charge in [0.15, 0.2) is 6.29 Å². The van der Waals surface area contributed by atoms with E-state index in [4.69, 9.17) is 0 Å². The van der Waals surface area contributed by atoms with Crippen LogP contribution in [-0.4, -0.2) is 49.4 Å². The van der Waals surface area contributed by atoms with E-state index in [0.717, 1.165) is 43.6 Å². The number of rotatable bonds is 3. The average Bonchev–Trinajstić information content (AvgIpc) is 2.38. The molecule has 18 heavy (non-hydrogen) atoms. The minimum absolute atomic E-state index is 0.645. The van der Waals surface area contributed by atoms with E-state index in [0.29, 0.717) is 11.6 Å². The van der Waals surface area contributed by atoms with Crippen LogP contribution in [0.5, 0.6) is 0 Å². The van der Waals surface area contributed by atoms with Crippen LogP contribution in [0, 0.1) is 6.92 Å². The largest absolute Gasteiger partial charge is 0.356 e. The summed E-state index contributed by atoms with van der Waals surface area (Å²) in [7, 11) is 4.25. The molecule has 1 aliphatic heterocycles. The average molecular weight is 247 g/mol. The first-order valence-corrected chi connectivity index (χ1v) is 6.45. The van der Waals surface area contributed by atoms with Crippen molar-refractivity contribution < 1.29 is 4.79 Å². The third-order valence-corrected chi connectivity index (χ3v) is 3.65. The quantitative estimate of drug-likeness (QED) is 0.762. The molecule has 1 aliphatic rings. The van der Waals surface area contributed by atoms with Gasteiger partial charge in [-0.1, -0.05) is 0 Å². The summed E-state index contributed by atoms with van der Waals surface area (Å²) >= 11 is 0. The first kappa shape index (κ1) is 13.0. The fourth-order valence-electron chi connectivity index (χ4n) is 2.53. The summed E-state index contributed by atoms with van der Waals surface area (Å²) in [5.41, 5.74) is 1.74. The molecule has 0 N–H and O–H groups in total. The van der Waals surface area contributed by atoms with Crippen molar-refractivity contribution in [1.29, 1.82) is 0 Å². The number of hydrogen-bond donors (Lipinski definition) is 0. The Morgan fingerprint density at radius 1 is 1.39 bits per heavy atom. The standard InChI is InChI=1S/C14H21N3O/c1-11-8-12(10-18)14(15-9-11)17-6-4-13(5-7-17)16(2)3/h8-10,13H,4-7H2,1-3H3. The lowest BCUT2D eigenvalue weighted by Crippen LogP contribution is -2.42. The molecule has 0 saturated carbocycles. The van der Waals surface area contributed by atoms with Gasteiger partial charge in [0.25, 0.3) is 0 Å². The molecule has 2 heterocycles. The molecule has 0 unspecified atom stereocenters. The highest BCUT2D eigenvalue weighted by Gasteiger charge is 2.22. The second-order valence-corrected chi connectivity index (χ2v) is 5.23. The molecule has 0 aliphatic carbocycles. The summed E-state index contributed by atoms with van der Waals surface area (Å²) in [4.78, 5) is 20.0. The van der Waals surface area contributed by atoms with E-state index < -0.39 is 0 Å². The zero-order valence-corrected chi connectivity index (χ0v) is 11.4. The van der Waals surface area contributed by atoms with Gasteiger partial charge < -0.3 is 9.80 Å². The van der Waals surface area contributed by atoms with E-state index in [1.807, 2.05) is 19.2 Å². The third-order valence-electron chi connectivity index (χ3n) is 3.65. The number of aldehydes is 1. The van der Waals surface area contributed by atoms with Crippen LogP contribution in [0.15, 0.2) is 12.3 Å². The van der Waals surface area contributed by atoms with Crippen LogP contribution in [0.4, 0.5) is 5.82 Å². The van der Waals surface area contributed by atoms with Gasteiger partial charge in [0.1, 0.15) is 5.82 Å². The van der Waals surface area contributed by atoms with Gasteiger partial charge in [0.05, 0.1) is 5.56 Å². The molecule has 1 aromatic heterocycles. The zero-order valence-electron chi connectivity index (χ0n) is 11.4. The molecule has 0 bridgehead atoms. The minimum atomic E-state index is 0.645. The van der Waals surface area contributed by atoms with Crippen LogP contribution in [0.25, 0.3) is 0 Å². The number of hydrogen-bond acceptors (Lipinski definition) is 4. The first-order valence-electron chi connectivity index (χ1n) is 6.45. The number of aromatic nitrogens is 1. The number of carbonyl (C=O) groups excluding carboxylic acids is 1. The van der Waals surface area contributed by atoms with Gasteiger partial charge in [-0.25, -0.2) is 4.98 Å². The van der Waals surface area contributed by atoms with Crippen LogP contribution < -0.4 is 4.90 Å². The van der Waals surface area contributed by atoms with Gasteiger partial charge in [-0.15, -0.1) is 0 Å². The number of pyridine rings is 1. The Balaban J connectivity index is 2.12. The van der Waals surface area contributed by atoms with E-state index in [1.54, 1.807) is 0 Å². The second-order valence-electron chi connectivity index (χ2n) is 5.23. The van der Waals surface area contributed by atoms with Crippen molar-refractivity contribution in [3.63, 3.8) is 0 Å². The van der Waals surface area contributed by atoms with Crippen LogP contribution in [0.2, 0.25) is 0 Å². The lowest BCUT2D eigenvalue weighted by Gasteiger charge is -2.36. The summed E-state index contributed by atoms with van der Waals surface area (Å²) in [5, 5.41) is 0. The highest BCUT2D eigenvalue weighted by atomic mass is 16.1. The van der Waals surface area contributed by atoms with Gasteiger partial charge in [-0.3, -0.25) is 4.79 Å². The molecule has 1 fully saturated rings. The maximum atomic E-state index is 11.1. The van der Waals surface area contributed by atoms with Crippen molar-refractivity contribution in [1.82, 2.24) is 9.88 Å². The van der Waals surface area contributed by atoms with Crippen molar-refractivity contribution >= 4 is 12.1 Å². The monoisotopic (exact) mass is 247 g/mol. The predicted octanol–water partition coefficient (Wildman–Crippen LogP) is 1.73. The number of nitrogens with zero attached hydrogens (tertiary/aromatic N) is 3. The number of aryl methyl sites for hydroxylation is 1. The molecular weight excluding hydrogens is 226 g/mol. The van der Waals surface area contributed by atoms with Crippen LogP contribution in [0.1, 0.15) is 28.8 Å². The van der Waals surface area contributed by atoms with Crippen molar-refractivity contribution in [2.24, 2.45) is 0 Å². The molecule has 4 nitrogen and oxygen atoms in total. The maximum absolute atomic E-state index is 11.1. The van der Waals surface area contributed by atoms with Gasteiger partial charge in [0, 0.05) is 25.3 Å². The van der Waals surface area contributed by atoms with Crippen LogP contribution in [0.3, 0.4) is 0 Å². The summed E-state index contributed by atoms with van der Waals surface area (Å²) in [5.74, 6) is 0.841. The fraction of sp³-hybridized carbons (Fsp3) is 0.571. The number of carbonyl (C=O) groups is 1. The van der Waals surface area contributed by atoms with E-state index >= 15 is 0 Å². The predicted molar refractivity (Wildman–Crippen MR) is 73.3 cm³/mol. The third kappa shape index (κ3) is 2.70. The Bertz CT molecular complexity index is 423. The number of anilines is 1. The Morgan fingerprint density at radius 3 is 2.61 bits per heavy atom. The van der Waals surface area contributed by atoms with Crippen LogP contribution in [-0.2, 0) is 0 Å². The Morgan fingerprint density at radius 2 is 2.06 bits per heavy atom. The molecule has 1 aromatic rings. The van der Waals surface area contributed by atoms with Gasteiger partial charge in [0.2, 0.25) is 0 Å². The van der Waals surface area contributed by atoms with E-state index in [1.165, 1.54) is 0 Å². The molecule has 0 amide bonds. The van der Waals surface area contributed by atoms with Gasteiger partial charge >= 0.3 is 0 Å². The van der Waals surface area contributed by atoms with Crippen molar-refractivity contribution in [2.75, 3.05) is 32.1 Å². The number of piperidine rings is 1. The lowest BCUT2D eigenvalue weighted by molar-refractivity contribution is 0.112. The SMILES string of the molecule is Cc1cnc(N2CCC(N(C)C)CC2)c(C=O)c1. The molecule has 0 radical (unpaired) electrons. The normalized spacial score (nSPS) is 17.2. The van der Waals surface area contributed by atoms with E-state index in [2.05, 4.69) is 28.9 Å². The van der Waals surface area contributed by atoms with E-state index in [-0.39, 0.29) is 0 Å². The van der Waals surface area contributed by atoms with Crippen molar-refractivity contribution in [3.05, 3.63) is 23.4 Å². The fourth-order valence-corrected chi connectivity index (χ4v) is 2.53. The molecule has 98 valence electrons. The molecule has 4 heteroatoms. The lowest BCUT2D eigenvalue weighted by atomic mass is 10.0. The summed E-state index contributed by atoms with van der Waals surface area (Å²) < 4.78 is 0. The summed E-state index contributed by atoms with van der Waals surface area (Å²) in [6.07, 6.45) is 5.00. The maximum Gasteiger partial charge on any atom is 0.153 e. The summed E-state index contributed by atoms with van der Waals surface area (Å²) in [6, 6.07) is 2.55. The topological polar surface area (TPSA) is 36.4 Å². The Labute approximate surface area is 109 Å². The van der Waals surface area contributed by atoms with Gasteiger partial charge in [-0.2, -0.15) is 0 Å². The van der Waals surface area contributed by atoms with Crippen molar-refractivity contribution in [3.8, 4) is 0 Å². The van der Waals surface area contributed by atoms with E-state index in [9.17, 15) is 4.79 Å². The Kier molecular flexibility index (Phi) is 3.97. The molecule has 0 spiro atoms. The highest BCUT2D eigenvalue weighted by molar-refractivity contribution is 5.83. The smallest absolute Gasteiger partial charge is 0.153 e. The molecule has 2 rings (SSSR count). The molecule has 0 atom stereocenters. The molecule has 0 aromatic carbocycles. The van der Waals surface area contributed by atoms with Gasteiger partial charge in [-0.05, 0) is 45.5 Å². The van der Waals surface area contributed by atoms with Crippen molar-refractivity contribution in [2.45, 2.75) is 25.8 Å². The zero-order chi connectivity index (χ0) is 13.1. The first-order chi connectivity index (χ1) is 8.61. The molecular formula is C14H21N3O. The minimum Gasteiger partial charge on any atom is -0.356 e. The highest BCUT2D eigenvalue weighted by Crippen LogP contribution is 2.22. The summed E-state index contributed by atoms with van der Waals surface area (Å²) in [6.45, 7) is 3.90. The molecule has 1 saturated heterocycles. The van der Waals surface area contributed by atoms with Crippen LogP contribution >= 0.6 is 0 Å².